The van der Waals surface area contributed by atoms with Gasteiger partial charge in [0.15, 0.2) is 5.58 Å². The zero-order chi connectivity index (χ0) is 21.9. The Balaban J connectivity index is 1.69. The van der Waals surface area contributed by atoms with E-state index in [1.54, 1.807) is 6.07 Å². The van der Waals surface area contributed by atoms with E-state index in [0.29, 0.717) is 22.7 Å². The van der Waals surface area contributed by atoms with Crippen molar-refractivity contribution in [2.45, 2.75) is 20.3 Å². The van der Waals surface area contributed by atoms with E-state index < -0.39 is 17.4 Å². The van der Waals surface area contributed by atoms with Crippen molar-refractivity contribution in [2.75, 3.05) is 5.73 Å². The van der Waals surface area contributed by atoms with Crippen molar-refractivity contribution >= 4 is 28.7 Å². The number of amides is 2. The van der Waals surface area contributed by atoms with Gasteiger partial charge in [0.2, 0.25) is 5.89 Å². The minimum Gasteiger partial charge on any atom is -0.436 e. The first-order valence-corrected chi connectivity index (χ1v) is 9.79. The van der Waals surface area contributed by atoms with Gasteiger partial charge in [-0.1, -0.05) is 19.1 Å². The number of anilines is 1. The van der Waals surface area contributed by atoms with Crippen LogP contribution in [0.1, 0.15) is 38.8 Å². The van der Waals surface area contributed by atoms with Crippen LogP contribution in [0.2, 0.25) is 0 Å². The maximum absolute atomic E-state index is 12.8. The molecule has 31 heavy (non-hydrogen) atoms. The number of pyridine rings is 1. The highest BCUT2D eigenvalue weighted by atomic mass is 16.3. The molecule has 1 aliphatic rings. The number of hydrogen-bond donors (Lipinski definition) is 2. The van der Waals surface area contributed by atoms with Crippen LogP contribution in [0.25, 0.3) is 28.2 Å². The Morgan fingerprint density at radius 3 is 2.65 bits per heavy atom. The minimum atomic E-state index is -0.626. The van der Waals surface area contributed by atoms with Gasteiger partial charge in [0.1, 0.15) is 11.3 Å². The number of hydrogen-bond acceptors (Lipinski definition) is 6. The van der Waals surface area contributed by atoms with Gasteiger partial charge in [0.05, 0.1) is 16.8 Å². The lowest BCUT2D eigenvalue weighted by Crippen LogP contribution is -2.24. The van der Waals surface area contributed by atoms with Gasteiger partial charge in [-0.05, 0) is 48.7 Å². The van der Waals surface area contributed by atoms with Crippen LogP contribution in [-0.2, 0) is 6.42 Å². The van der Waals surface area contributed by atoms with Crippen molar-refractivity contribution < 1.29 is 14.0 Å². The molecule has 0 radical (unpaired) electrons. The quantitative estimate of drug-likeness (QED) is 0.497. The van der Waals surface area contributed by atoms with Gasteiger partial charge in [0.25, 0.3) is 17.4 Å². The average molecular weight is 414 g/mol. The summed E-state index contributed by atoms with van der Waals surface area (Å²) in [4.78, 5) is 41.5. The summed E-state index contributed by atoms with van der Waals surface area (Å²) in [5.41, 5.74) is 10.1. The van der Waals surface area contributed by atoms with Crippen LogP contribution in [0.4, 0.5) is 5.82 Å². The number of imide groups is 1. The molecule has 2 aromatic heterocycles. The molecule has 0 bridgehead atoms. The fourth-order valence-corrected chi connectivity index (χ4v) is 3.83. The van der Waals surface area contributed by atoms with Crippen molar-refractivity contribution in [3.8, 4) is 17.1 Å². The van der Waals surface area contributed by atoms with Gasteiger partial charge in [-0.2, -0.15) is 0 Å². The molecule has 2 aromatic carbocycles. The Hall–Kier alpha value is -4.20. The predicted octanol–water partition coefficient (Wildman–Crippen LogP) is 2.98. The number of carbonyl (C=O) groups excluding carboxylic acids is 2. The number of nitrogens with zero attached hydrogens (tertiary/aromatic N) is 2. The maximum Gasteiger partial charge on any atom is 0.262 e. The number of aryl methyl sites for hydroxylation is 2. The predicted molar refractivity (Wildman–Crippen MR) is 115 cm³/mol. The van der Waals surface area contributed by atoms with Crippen LogP contribution in [0.5, 0.6) is 0 Å². The molecular formula is C23H18N4O4. The van der Waals surface area contributed by atoms with Crippen LogP contribution < -0.4 is 16.6 Å². The van der Waals surface area contributed by atoms with Crippen LogP contribution in [0.15, 0.2) is 51.7 Å². The Morgan fingerprint density at radius 2 is 1.87 bits per heavy atom. The van der Waals surface area contributed by atoms with E-state index in [-0.39, 0.29) is 16.9 Å². The van der Waals surface area contributed by atoms with E-state index in [1.807, 2.05) is 37.3 Å². The summed E-state index contributed by atoms with van der Waals surface area (Å²) in [7, 11) is 0. The van der Waals surface area contributed by atoms with Gasteiger partial charge < -0.3 is 10.2 Å². The SMILES string of the molecule is CCc1ccc2oc(-c3ccc(C)c(-n4c(N)c5c(cc4=O)C(=O)NC5=O)c3)nc2c1. The molecule has 2 amide bonds. The first kappa shape index (κ1) is 18.8. The monoisotopic (exact) mass is 414 g/mol. The molecule has 8 heteroatoms. The summed E-state index contributed by atoms with van der Waals surface area (Å²) in [5, 5.41) is 2.17. The van der Waals surface area contributed by atoms with Crippen molar-refractivity contribution in [1.82, 2.24) is 14.9 Å². The smallest absolute Gasteiger partial charge is 0.262 e. The number of rotatable bonds is 3. The number of nitrogens with one attached hydrogen (secondary N) is 1. The molecule has 0 unspecified atom stereocenters. The second-order valence-electron chi connectivity index (χ2n) is 7.45. The number of carbonyl (C=O) groups is 2. The molecule has 4 aromatic rings. The van der Waals surface area contributed by atoms with E-state index in [1.165, 1.54) is 4.57 Å². The third kappa shape index (κ3) is 2.83. The van der Waals surface area contributed by atoms with Gasteiger partial charge in [-0.15, -0.1) is 0 Å². The lowest BCUT2D eigenvalue weighted by molar-refractivity contribution is 0.0880. The average Bonchev–Trinajstić information content (AvgIpc) is 3.29. The van der Waals surface area contributed by atoms with Crippen molar-refractivity contribution in [2.24, 2.45) is 0 Å². The number of nitrogen functional groups attached to an aromatic ring is 1. The second kappa shape index (κ2) is 6.66. The lowest BCUT2D eigenvalue weighted by atomic mass is 10.1. The van der Waals surface area contributed by atoms with Gasteiger partial charge >= 0.3 is 0 Å². The first-order chi connectivity index (χ1) is 14.9. The summed E-state index contributed by atoms with van der Waals surface area (Å²) in [6, 6.07) is 12.4. The van der Waals surface area contributed by atoms with E-state index >= 15 is 0 Å². The molecule has 3 N–H and O–H groups in total. The second-order valence-corrected chi connectivity index (χ2v) is 7.45. The number of fused-ring (bicyclic) bond motifs is 2. The minimum absolute atomic E-state index is 0.00311. The van der Waals surface area contributed by atoms with Crippen molar-refractivity contribution in [3.63, 3.8) is 0 Å². The van der Waals surface area contributed by atoms with Gasteiger partial charge in [0, 0.05) is 11.6 Å². The third-order valence-electron chi connectivity index (χ3n) is 5.51. The number of aromatic nitrogens is 2. The van der Waals surface area contributed by atoms with Gasteiger partial charge in [-0.25, -0.2) is 4.98 Å². The van der Waals surface area contributed by atoms with Crippen LogP contribution >= 0.6 is 0 Å². The third-order valence-corrected chi connectivity index (χ3v) is 5.51. The largest absolute Gasteiger partial charge is 0.436 e. The highest BCUT2D eigenvalue weighted by molar-refractivity contribution is 6.23. The molecule has 0 saturated carbocycles. The molecular weight excluding hydrogens is 396 g/mol. The lowest BCUT2D eigenvalue weighted by Gasteiger charge is -2.15. The molecule has 0 saturated heterocycles. The van der Waals surface area contributed by atoms with E-state index in [9.17, 15) is 14.4 Å². The van der Waals surface area contributed by atoms with Crippen LogP contribution in [0.3, 0.4) is 0 Å². The van der Waals surface area contributed by atoms with Crippen molar-refractivity contribution in [1.29, 1.82) is 0 Å². The molecule has 0 spiro atoms. The fourth-order valence-electron chi connectivity index (χ4n) is 3.83. The molecule has 1 aliphatic heterocycles. The van der Waals surface area contributed by atoms with E-state index in [0.717, 1.165) is 29.1 Å². The summed E-state index contributed by atoms with van der Waals surface area (Å²) >= 11 is 0. The first-order valence-electron chi connectivity index (χ1n) is 9.79. The zero-order valence-corrected chi connectivity index (χ0v) is 16.9. The van der Waals surface area contributed by atoms with Crippen LogP contribution in [-0.4, -0.2) is 21.4 Å². The van der Waals surface area contributed by atoms with E-state index in [4.69, 9.17) is 10.2 Å². The Bertz CT molecular complexity index is 1480. The Labute approximate surface area is 176 Å². The highest BCUT2D eigenvalue weighted by Crippen LogP contribution is 2.30. The van der Waals surface area contributed by atoms with Crippen LogP contribution in [0, 0.1) is 6.92 Å². The Kier molecular flexibility index (Phi) is 4.04. The number of nitrogens with two attached hydrogens (primary N) is 1. The summed E-state index contributed by atoms with van der Waals surface area (Å²) < 4.78 is 7.14. The molecule has 154 valence electrons. The van der Waals surface area contributed by atoms with E-state index in [2.05, 4.69) is 17.2 Å². The normalized spacial score (nSPS) is 13.0. The molecule has 0 aliphatic carbocycles. The standard InChI is InChI=1S/C23H18N4O4/c1-3-12-5-7-17-15(8-12)25-23(31-17)13-6-4-11(2)16(9-13)27-18(28)10-14-19(20(27)24)22(30)26-21(14)29/h4-10H,3,24H2,1-2H3,(H,26,29,30). The molecule has 0 atom stereocenters. The Morgan fingerprint density at radius 1 is 1.06 bits per heavy atom. The zero-order valence-electron chi connectivity index (χ0n) is 16.9. The molecule has 8 nitrogen and oxygen atoms in total. The van der Waals surface area contributed by atoms with Gasteiger partial charge in [-0.3, -0.25) is 24.3 Å². The van der Waals surface area contributed by atoms with Crippen molar-refractivity contribution in [3.05, 3.63) is 75.1 Å². The maximum atomic E-state index is 12.8. The summed E-state index contributed by atoms with van der Waals surface area (Å²) in [6.07, 6.45) is 0.892. The topological polar surface area (TPSA) is 120 Å². The summed E-state index contributed by atoms with van der Waals surface area (Å²) in [6.45, 7) is 3.89. The highest BCUT2D eigenvalue weighted by Gasteiger charge is 2.32. The molecule has 3 heterocycles. The molecule has 0 fully saturated rings. The fraction of sp³-hybridized carbons (Fsp3) is 0.130. The summed E-state index contributed by atoms with van der Waals surface area (Å²) in [5.74, 6) is -0.924. The number of benzene rings is 2. The molecule has 5 rings (SSSR count). The number of oxazole rings is 1.